The molecule has 0 aliphatic heterocycles. The van der Waals surface area contributed by atoms with Crippen molar-refractivity contribution in [3.8, 4) is 17.2 Å². The molecule has 0 saturated heterocycles. The number of benzene rings is 2. The van der Waals surface area contributed by atoms with E-state index in [2.05, 4.69) is 4.98 Å². The summed E-state index contributed by atoms with van der Waals surface area (Å²) in [6.07, 6.45) is 6.95. The van der Waals surface area contributed by atoms with Crippen LogP contribution < -0.4 is 10.3 Å². The van der Waals surface area contributed by atoms with Gasteiger partial charge in [0.1, 0.15) is 17.2 Å². The second-order valence-electron chi connectivity index (χ2n) is 11.1. The summed E-state index contributed by atoms with van der Waals surface area (Å²) in [5, 5.41) is 0. The van der Waals surface area contributed by atoms with Gasteiger partial charge in [0, 0.05) is 29.9 Å². The molecule has 0 spiro atoms. The lowest BCUT2D eigenvalue weighted by Crippen LogP contribution is -2.25. The summed E-state index contributed by atoms with van der Waals surface area (Å²) < 4.78 is 23.0. The molecule has 1 saturated carbocycles. The van der Waals surface area contributed by atoms with Crippen molar-refractivity contribution in [3.63, 3.8) is 0 Å². The molecule has 3 heterocycles. The number of rotatable bonds is 8. The zero-order valence-electron chi connectivity index (χ0n) is 30.8. The molecular formula is C41H52FN3O4. The molecule has 1 aliphatic rings. The zero-order valence-corrected chi connectivity index (χ0v) is 30.8. The third kappa shape index (κ3) is 11.4. The SMILES string of the molecule is CC.CC.CC.CC(=O)c1ccc(C)n(-c2cccc(C)c2)c1=O.Cc1ccc(Oc2ccc3nc(CCC(=O)C4CC4)cn3c2)c(F)c1. The molecule has 3 aromatic heterocycles. The number of aryl methyl sites for hydroxylation is 4. The number of aromatic nitrogens is 3. The van der Waals surface area contributed by atoms with E-state index in [9.17, 15) is 18.8 Å². The Hall–Kier alpha value is -4.85. The molecule has 6 rings (SSSR count). The number of carbonyl (C=O) groups excluding carboxylic acids is 2. The average Bonchev–Trinajstić information content (AvgIpc) is 3.87. The van der Waals surface area contributed by atoms with Gasteiger partial charge in [0.15, 0.2) is 17.3 Å². The Morgan fingerprint density at radius 2 is 1.53 bits per heavy atom. The van der Waals surface area contributed by atoms with Crippen LogP contribution in [0.15, 0.2) is 83.9 Å². The third-order valence-corrected chi connectivity index (χ3v) is 7.37. The number of fused-ring (bicyclic) bond motifs is 1. The quantitative estimate of drug-likeness (QED) is 0.154. The Morgan fingerprint density at radius 3 is 2.14 bits per heavy atom. The van der Waals surface area contributed by atoms with Crippen LogP contribution in [0.25, 0.3) is 11.3 Å². The maximum Gasteiger partial charge on any atom is 0.266 e. The molecule has 0 amide bonds. The van der Waals surface area contributed by atoms with Crippen molar-refractivity contribution in [3.05, 3.63) is 123 Å². The highest BCUT2D eigenvalue weighted by atomic mass is 19.1. The van der Waals surface area contributed by atoms with Crippen LogP contribution in [0.5, 0.6) is 11.5 Å². The summed E-state index contributed by atoms with van der Waals surface area (Å²) in [6.45, 7) is 19.1. The van der Waals surface area contributed by atoms with Crippen LogP contribution in [0, 0.1) is 32.5 Å². The topological polar surface area (TPSA) is 82.7 Å². The maximum absolute atomic E-state index is 13.9. The summed E-state index contributed by atoms with van der Waals surface area (Å²) >= 11 is 0. The van der Waals surface area contributed by atoms with Crippen LogP contribution in [-0.4, -0.2) is 25.5 Å². The number of hydrogen-bond donors (Lipinski definition) is 0. The summed E-state index contributed by atoms with van der Waals surface area (Å²) in [5.74, 6) is 0.775. The van der Waals surface area contributed by atoms with Gasteiger partial charge in [-0.25, -0.2) is 9.37 Å². The molecule has 0 atom stereocenters. The lowest BCUT2D eigenvalue weighted by atomic mass is 10.1. The molecule has 0 radical (unpaired) electrons. The van der Waals surface area contributed by atoms with Crippen molar-refractivity contribution in [1.29, 1.82) is 0 Å². The van der Waals surface area contributed by atoms with Crippen molar-refractivity contribution < 1.29 is 18.7 Å². The van der Waals surface area contributed by atoms with E-state index in [4.69, 9.17) is 4.74 Å². The Balaban J connectivity index is 0.000000307. The predicted molar refractivity (Wildman–Crippen MR) is 198 cm³/mol. The van der Waals surface area contributed by atoms with E-state index in [1.54, 1.807) is 35.0 Å². The van der Waals surface area contributed by atoms with E-state index in [-0.39, 0.29) is 28.5 Å². The fourth-order valence-corrected chi connectivity index (χ4v) is 4.87. The van der Waals surface area contributed by atoms with E-state index in [1.807, 2.05) is 109 Å². The first-order valence-corrected chi connectivity index (χ1v) is 17.3. The summed E-state index contributed by atoms with van der Waals surface area (Å²) in [4.78, 5) is 40.0. The lowest BCUT2D eigenvalue weighted by Gasteiger charge is -2.11. The minimum atomic E-state index is -0.384. The van der Waals surface area contributed by atoms with Crippen molar-refractivity contribution >= 4 is 17.2 Å². The maximum atomic E-state index is 13.9. The van der Waals surface area contributed by atoms with Crippen LogP contribution in [0.1, 0.15) is 101 Å². The highest BCUT2D eigenvalue weighted by Gasteiger charge is 2.28. The van der Waals surface area contributed by atoms with E-state index >= 15 is 0 Å². The second-order valence-corrected chi connectivity index (χ2v) is 11.1. The third-order valence-electron chi connectivity index (χ3n) is 7.37. The first-order chi connectivity index (χ1) is 23.6. The van der Waals surface area contributed by atoms with E-state index < -0.39 is 0 Å². The van der Waals surface area contributed by atoms with Crippen molar-refractivity contribution in [2.24, 2.45) is 5.92 Å². The van der Waals surface area contributed by atoms with Gasteiger partial charge in [-0.3, -0.25) is 19.0 Å². The molecule has 7 nitrogen and oxygen atoms in total. The van der Waals surface area contributed by atoms with Gasteiger partial charge in [-0.15, -0.1) is 0 Å². The standard InChI is InChI=1S/C20H19FN2O2.C15H15NO2.3C2H6/c1-13-2-8-19(17(21)10-13)25-16-6-9-20-22-15(11-23(20)12-16)5-7-18(24)14-3-4-14;1-10-5-4-6-13(9-10)16-11(2)7-8-14(12(3)17)15(16)18;3*1-2/h2,6,8-12,14H,3-5,7H2,1H3;4-9H,1-3H3;3*1-2H3. The van der Waals surface area contributed by atoms with Gasteiger partial charge in [0.2, 0.25) is 0 Å². The van der Waals surface area contributed by atoms with E-state index in [1.165, 1.54) is 13.0 Å². The number of pyridine rings is 2. The highest BCUT2D eigenvalue weighted by Crippen LogP contribution is 2.31. The molecule has 262 valence electrons. The summed E-state index contributed by atoms with van der Waals surface area (Å²) in [5.41, 5.74) is 5.16. The van der Waals surface area contributed by atoms with Gasteiger partial charge < -0.3 is 9.14 Å². The first kappa shape index (κ1) is 40.3. The van der Waals surface area contributed by atoms with Crippen LogP contribution in [0.3, 0.4) is 0 Å². The smallest absolute Gasteiger partial charge is 0.266 e. The molecule has 0 unspecified atom stereocenters. The monoisotopic (exact) mass is 669 g/mol. The van der Waals surface area contributed by atoms with Crippen LogP contribution in [0.4, 0.5) is 4.39 Å². The Bertz CT molecular complexity index is 1890. The summed E-state index contributed by atoms with van der Waals surface area (Å²) in [6, 6.07) is 19.5. The fraction of sp³-hybridized carbons (Fsp3) is 0.366. The van der Waals surface area contributed by atoms with E-state index in [0.29, 0.717) is 30.3 Å². The van der Waals surface area contributed by atoms with Crippen LogP contribution >= 0.6 is 0 Å². The molecular weight excluding hydrogens is 617 g/mol. The Labute approximate surface area is 290 Å². The molecule has 2 aromatic carbocycles. The van der Waals surface area contributed by atoms with Gasteiger partial charge in [0.05, 0.1) is 17.5 Å². The largest absolute Gasteiger partial charge is 0.453 e. The van der Waals surface area contributed by atoms with Crippen LogP contribution in [-0.2, 0) is 11.2 Å². The van der Waals surface area contributed by atoms with E-state index in [0.717, 1.165) is 46.7 Å². The number of Topliss-reactive ketones (excluding diaryl/α,β-unsaturated/α-hetero) is 2. The number of ketones is 2. The zero-order chi connectivity index (χ0) is 36.7. The second kappa shape index (κ2) is 19.8. The molecule has 1 aliphatic carbocycles. The Morgan fingerprint density at radius 1 is 0.857 bits per heavy atom. The number of imidazole rings is 1. The number of hydrogen-bond acceptors (Lipinski definition) is 5. The molecule has 8 heteroatoms. The average molecular weight is 670 g/mol. The highest BCUT2D eigenvalue weighted by molar-refractivity contribution is 5.93. The van der Waals surface area contributed by atoms with Gasteiger partial charge in [-0.2, -0.15) is 0 Å². The number of halogens is 1. The minimum absolute atomic E-state index is 0.195. The van der Waals surface area contributed by atoms with Crippen LogP contribution in [0.2, 0.25) is 0 Å². The molecule has 0 bridgehead atoms. The summed E-state index contributed by atoms with van der Waals surface area (Å²) in [7, 11) is 0. The lowest BCUT2D eigenvalue weighted by molar-refractivity contribution is -0.120. The number of carbonyl (C=O) groups is 2. The fourth-order valence-electron chi connectivity index (χ4n) is 4.87. The Kier molecular flexibility index (Phi) is 16.3. The molecule has 1 fully saturated rings. The predicted octanol–water partition coefficient (Wildman–Crippen LogP) is 10.2. The number of nitrogens with zero attached hydrogens (tertiary/aromatic N) is 3. The minimum Gasteiger partial charge on any atom is -0.453 e. The first-order valence-electron chi connectivity index (χ1n) is 17.3. The number of ether oxygens (including phenoxy) is 1. The van der Waals surface area contributed by atoms with Gasteiger partial charge in [-0.1, -0.05) is 59.7 Å². The molecule has 0 N–H and O–H groups in total. The molecule has 5 aromatic rings. The van der Waals surface area contributed by atoms with Gasteiger partial charge in [0.25, 0.3) is 5.56 Å². The van der Waals surface area contributed by atoms with Crippen molar-refractivity contribution in [2.75, 3.05) is 0 Å². The normalized spacial score (nSPS) is 11.3. The van der Waals surface area contributed by atoms with Crippen molar-refractivity contribution in [1.82, 2.24) is 14.0 Å². The molecule has 49 heavy (non-hydrogen) atoms. The van der Waals surface area contributed by atoms with Crippen molar-refractivity contribution in [2.45, 2.75) is 94.9 Å². The van der Waals surface area contributed by atoms with Gasteiger partial charge in [-0.05, 0) is 107 Å². The van der Waals surface area contributed by atoms with Gasteiger partial charge >= 0.3 is 0 Å².